The standard InChI is InChI=1S/C23H23N3O4/c1-15-12-16(2)14-24(13-15)21-20(17-8-10-19(11-9-17)26(29)30)22(27)25(23(21)28)18-6-4-3-5-7-18/h3-11,15-16H,12-14H2,1-2H3. The van der Waals surface area contributed by atoms with Crippen molar-refractivity contribution < 1.29 is 14.5 Å². The second-order valence-electron chi connectivity index (χ2n) is 8.16. The number of piperidine rings is 1. The summed E-state index contributed by atoms with van der Waals surface area (Å²) in [5, 5.41) is 11.0. The van der Waals surface area contributed by atoms with Gasteiger partial charge < -0.3 is 4.90 Å². The summed E-state index contributed by atoms with van der Waals surface area (Å²) in [6.07, 6.45) is 1.07. The summed E-state index contributed by atoms with van der Waals surface area (Å²) in [5.41, 5.74) is 1.66. The molecule has 2 aliphatic heterocycles. The minimum atomic E-state index is -0.481. The second kappa shape index (κ2) is 7.74. The molecule has 2 aromatic carbocycles. The van der Waals surface area contributed by atoms with Crippen molar-refractivity contribution in [1.82, 2.24) is 4.90 Å². The highest BCUT2D eigenvalue weighted by molar-refractivity contribution is 6.45. The van der Waals surface area contributed by atoms with E-state index in [9.17, 15) is 19.7 Å². The highest BCUT2D eigenvalue weighted by Gasteiger charge is 2.43. The smallest absolute Gasteiger partial charge is 0.282 e. The van der Waals surface area contributed by atoms with Crippen molar-refractivity contribution in [3.63, 3.8) is 0 Å². The van der Waals surface area contributed by atoms with Crippen molar-refractivity contribution in [2.45, 2.75) is 20.3 Å². The Labute approximate surface area is 174 Å². The van der Waals surface area contributed by atoms with Gasteiger partial charge in [0.1, 0.15) is 5.70 Å². The summed E-state index contributed by atoms with van der Waals surface area (Å²) in [6, 6.07) is 14.7. The SMILES string of the molecule is CC1CC(C)CN(C2=C(c3ccc([N+](=O)[O-])cc3)C(=O)N(c3ccccc3)C2=O)C1. The van der Waals surface area contributed by atoms with Crippen LogP contribution in [0.4, 0.5) is 11.4 Å². The molecule has 0 aromatic heterocycles. The molecule has 4 rings (SSSR count). The Morgan fingerprint density at radius 2 is 1.50 bits per heavy atom. The number of likely N-dealkylation sites (tertiary alicyclic amines) is 1. The van der Waals surface area contributed by atoms with Gasteiger partial charge in [0, 0.05) is 25.2 Å². The number of non-ortho nitro benzene ring substituents is 1. The van der Waals surface area contributed by atoms with Crippen LogP contribution in [0.3, 0.4) is 0 Å². The molecule has 7 nitrogen and oxygen atoms in total. The lowest BCUT2D eigenvalue weighted by Crippen LogP contribution is -2.41. The summed E-state index contributed by atoms with van der Waals surface area (Å²) < 4.78 is 0. The number of nitrogens with zero attached hydrogens (tertiary/aromatic N) is 3. The predicted molar refractivity (Wildman–Crippen MR) is 113 cm³/mol. The van der Waals surface area contributed by atoms with Crippen molar-refractivity contribution >= 4 is 28.8 Å². The van der Waals surface area contributed by atoms with E-state index in [1.165, 1.54) is 17.0 Å². The Morgan fingerprint density at radius 1 is 0.900 bits per heavy atom. The molecule has 0 aliphatic carbocycles. The van der Waals surface area contributed by atoms with Crippen LogP contribution in [-0.4, -0.2) is 34.7 Å². The molecule has 0 radical (unpaired) electrons. The Morgan fingerprint density at radius 3 is 2.07 bits per heavy atom. The number of imide groups is 1. The maximum absolute atomic E-state index is 13.5. The first-order valence-electron chi connectivity index (χ1n) is 10.0. The number of hydrogen-bond acceptors (Lipinski definition) is 5. The third kappa shape index (κ3) is 3.47. The van der Waals surface area contributed by atoms with Gasteiger partial charge in [0.25, 0.3) is 17.5 Å². The quantitative estimate of drug-likeness (QED) is 0.438. The zero-order chi connectivity index (χ0) is 21.4. The van der Waals surface area contributed by atoms with Gasteiger partial charge in [-0.25, -0.2) is 4.90 Å². The Hall–Kier alpha value is -3.48. The molecule has 2 aliphatic rings. The van der Waals surface area contributed by atoms with E-state index in [1.54, 1.807) is 36.4 Å². The predicted octanol–water partition coefficient (Wildman–Crippen LogP) is 3.86. The maximum atomic E-state index is 13.5. The number of carbonyl (C=O) groups excluding carboxylic acids is 2. The number of para-hydroxylation sites is 1. The lowest BCUT2D eigenvalue weighted by atomic mass is 9.91. The Balaban J connectivity index is 1.83. The lowest BCUT2D eigenvalue weighted by Gasteiger charge is -2.37. The molecule has 7 heteroatoms. The number of anilines is 1. The van der Waals surface area contributed by atoms with Gasteiger partial charge in [-0.3, -0.25) is 19.7 Å². The van der Waals surface area contributed by atoms with Gasteiger partial charge in [-0.1, -0.05) is 32.0 Å². The van der Waals surface area contributed by atoms with Crippen LogP contribution < -0.4 is 4.90 Å². The van der Waals surface area contributed by atoms with E-state index in [4.69, 9.17) is 0 Å². The highest BCUT2D eigenvalue weighted by Crippen LogP contribution is 2.37. The molecule has 2 aromatic rings. The molecule has 1 fully saturated rings. The largest absolute Gasteiger partial charge is 0.366 e. The lowest BCUT2D eigenvalue weighted by molar-refractivity contribution is -0.384. The zero-order valence-corrected chi connectivity index (χ0v) is 16.9. The first kappa shape index (κ1) is 19.8. The fourth-order valence-corrected chi connectivity index (χ4v) is 4.48. The van der Waals surface area contributed by atoms with Crippen molar-refractivity contribution in [3.8, 4) is 0 Å². The molecule has 1 saturated heterocycles. The van der Waals surface area contributed by atoms with E-state index in [-0.39, 0.29) is 11.6 Å². The van der Waals surface area contributed by atoms with Crippen LogP contribution in [0.1, 0.15) is 25.8 Å². The van der Waals surface area contributed by atoms with Crippen LogP contribution in [0.2, 0.25) is 0 Å². The summed E-state index contributed by atoms with van der Waals surface area (Å²) >= 11 is 0. The van der Waals surface area contributed by atoms with Crippen molar-refractivity contribution in [3.05, 3.63) is 76.0 Å². The first-order valence-corrected chi connectivity index (χ1v) is 10.0. The van der Waals surface area contributed by atoms with E-state index < -0.39 is 10.8 Å². The van der Waals surface area contributed by atoms with Gasteiger partial charge in [0.2, 0.25) is 0 Å². The summed E-state index contributed by atoms with van der Waals surface area (Å²) in [4.78, 5) is 40.7. The van der Waals surface area contributed by atoms with Crippen LogP contribution >= 0.6 is 0 Å². The molecule has 0 bridgehead atoms. The molecule has 2 heterocycles. The van der Waals surface area contributed by atoms with Crippen LogP contribution in [0, 0.1) is 22.0 Å². The summed E-state index contributed by atoms with van der Waals surface area (Å²) in [5.74, 6) is 0.0443. The van der Waals surface area contributed by atoms with Gasteiger partial charge in [-0.15, -0.1) is 0 Å². The maximum Gasteiger partial charge on any atom is 0.282 e. The minimum Gasteiger partial charge on any atom is -0.366 e. The van der Waals surface area contributed by atoms with E-state index in [2.05, 4.69) is 13.8 Å². The van der Waals surface area contributed by atoms with Gasteiger partial charge in [-0.2, -0.15) is 0 Å². The second-order valence-corrected chi connectivity index (χ2v) is 8.16. The molecule has 0 N–H and O–H groups in total. The van der Waals surface area contributed by atoms with Crippen LogP contribution in [0.25, 0.3) is 5.57 Å². The van der Waals surface area contributed by atoms with E-state index >= 15 is 0 Å². The van der Waals surface area contributed by atoms with Crippen LogP contribution in [0.15, 0.2) is 60.3 Å². The number of rotatable bonds is 4. The third-order valence-corrected chi connectivity index (χ3v) is 5.63. The van der Waals surface area contributed by atoms with Crippen LogP contribution in [-0.2, 0) is 9.59 Å². The highest BCUT2D eigenvalue weighted by atomic mass is 16.6. The minimum absolute atomic E-state index is 0.0576. The topological polar surface area (TPSA) is 83.8 Å². The first-order chi connectivity index (χ1) is 14.4. The number of nitro benzene ring substituents is 1. The van der Waals surface area contributed by atoms with Gasteiger partial charge in [0.15, 0.2) is 0 Å². The Kier molecular flexibility index (Phi) is 5.11. The monoisotopic (exact) mass is 405 g/mol. The van der Waals surface area contributed by atoms with Gasteiger partial charge >= 0.3 is 0 Å². The molecule has 2 unspecified atom stereocenters. The third-order valence-electron chi connectivity index (χ3n) is 5.63. The average Bonchev–Trinajstić information content (AvgIpc) is 2.98. The number of hydrogen-bond donors (Lipinski definition) is 0. The van der Waals surface area contributed by atoms with Gasteiger partial charge in [0.05, 0.1) is 16.2 Å². The summed E-state index contributed by atoms with van der Waals surface area (Å²) in [6.45, 7) is 5.67. The number of carbonyl (C=O) groups is 2. The molecule has 154 valence electrons. The fourth-order valence-electron chi connectivity index (χ4n) is 4.48. The molecule has 0 spiro atoms. The van der Waals surface area contributed by atoms with Crippen molar-refractivity contribution in [2.75, 3.05) is 18.0 Å². The molecule has 30 heavy (non-hydrogen) atoms. The Bertz CT molecular complexity index is 1020. The van der Waals surface area contributed by atoms with E-state index in [0.717, 1.165) is 6.42 Å². The van der Waals surface area contributed by atoms with Crippen molar-refractivity contribution in [1.29, 1.82) is 0 Å². The average molecular weight is 405 g/mol. The zero-order valence-electron chi connectivity index (χ0n) is 16.9. The number of amides is 2. The van der Waals surface area contributed by atoms with E-state index in [1.807, 2.05) is 11.0 Å². The molecule has 2 amide bonds. The van der Waals surface area contributed by atoms with Crippen molar-refractivity contribution in [2.24, 2.45) is 11.8 Å². The fraction of sp³-hybridized carbons (Fsp3) is 0.304. The normalized spacial score (nSPS) is 22.1. The molecule has 2 atom stereocenters. The van der Waals surface area contributed by atoms with Gasteiger partial charge in [-0.05, 0) is 48.1 Å². The van der Waals surface area contributed by atoms with E-state index in [0.29, 0.717) is 47.4 Å². The van der Waals surface area contributed by atoms with Crippen LogP contribution in [0.5, 0.6) is 0 Å². The number of benzene rings is 2. The number of nitro groups is 1. The molecule has 0 saturated carbocycles. The summed E-state index contributed by atoms with van der Waals surface area (Å²) in [7, 11) is 0. The molecular weight excluding hydrogens is 382 g/mol. The molecular formula is C23H23N3O4.